The van der Waals surface area contributed by atoms with E-state index in [1.54, 1.807) is 42.5 Å². The van der Waals surface area contributed by atoms with Gasteiger partial charge in [-0.3, -0.25) is 4.79 Å². The summed E-state index contributed by atoms with van der Waals surface area (Å²) >= 11 is 0. The van der Waals surface area contributed by atoms with E-state index in [1.807, 2.05) is 42.5 Å². The van der Waals surface area contributed by atoms with Crippen LogP contribution >= 0.6 is 0 Å². The van der Waals surface area contributed by atoms with E-state index in [9.17, 15) is 9.18 Å². The van der Waals surface area contributed by atoms with Gasteiger partial charge in [0.15, 0.2) is 0 Å². The molecule has 0 aliphatic rings. The summed E-state index contributed by atoms with van der Waals surface area (Å²) in [6.07, 6.45) is 1.90. The molecule has 0 unspecified atom stereocenters. The third-order valence-corrected chi connectivity index (χ3v) is 5.16. The van der Waals surface area contributed by atoms with Gasteiger partial charge in [0.1, 0.15) is 18.2 Å². The minimum absolute atomic E-state index is 0.213. The predicted molar refractivity (Wildman–Crippen MR) is 130 cm³/mol. The molecule has 0 fully saturated rings. The molecular formula is C28H22FN3O2. The van der Waals surface area contributed by atoms with E-state index < -0.39 is 0 Å². The Kier molecular flexibility index (Phi) is 7.26. The van der Waals surface area contributed by atoms with Crippen molar-refractivity contribution in [3.05, 3.63) is 108 Å². The summed E-state index contributed by atoms with van der Waals surface area (Å²) < 4.78 is 19.2. The van der Waals surface area contributed by atoms with Gasteiger partial charge in [0.2, 0.25) is 0 Å². The first kappa shape index (κ1) is 22.7. The standard InChI is InChI=1S/C28H22FN3O2/c29-23-11-6-20(7-12-23)18-26(28(33)31-17-3-16-30)21-9-14-25(15-10-21)34-19-24-13-8-22-4-1-2-5-27(22)32-24/h1-2,4-15,18H,3,17,19H2,(H,31,33)/b26-18+. The van der Waals surface area contributed by atoms with Crippen molar-refractivity contribution in [3.63, 3.8) is 0 Å². The highest BCUT2D eigenvalue weighted by atomic mass is 19.1. The largest absolute Gasteiger partial charge is 0.487 e. The zero-order valence-electron chi connectivity index (χ0n) is 18.4. The van der Waals surface area contributed by atoms with Crippen LogP contribution in [0, 0.1) is 17.1 Å². The average molecular weight is 452 g/mol. The topological polar surface area (TPSA) is 75.0 Å². The molecule has 0 aliphatic carbocycles. The zero-order valence-corrected chi connectivity index (χ0v) is 18.4. The molecule has 0 aliphatic heterocycles. The second-order valence-electron chi connectivity index (χ2n) is 7.58. The monoisotopic (exact) mass is 451 g/mol. The number of ether oxygens (including phenoxy) is 1. The van der Waals surface area contributed by atoms with Gasteiger partial charge in [0, 0.05) is 17.5 Å². The Morgan fingerprint density at radius 2 is 1.76 bits per heavy atom. The van der Waals surface area contributed by atoms with Crippen LogP contribution < -0.4 is 10.1 Å². The van der Waals surface area contributed by atoms with Gasteiger partial charge in [-0.2, -0.15) is 5.26 Å². The van der Waals surface area contributed by atoms with Gasteiger partial charge < -0.3 is 10.1 Å². The number of benzene rings is 3. The fourth-order valence-electron chi connectivity index (χ4n) is 3.41. The Balaban J connectivity index is 1.50. The van der Waals surface area contributed by atoms with Crippen LogP contribution in [-0.4, -0.2) is 17.4 Å². The Bertz CT molecular complexity index is 1360. The van der Waals surface area contributed by atoms with Crippen molar-refractivity contribution in [1.29, 1.82) is 5.26 Å². The molecule has 34 heavy (non-hydrogen) atoms. The highest BCUT2D eigenvalue weighted by molar-refractivity contribution is 6.24. The first-order chi connectivity index (χ1) is 16.6. The lowest BCUT2D eigenvalue weighted by Crippen LogP contribution is -2.25. The number of pyridine rings is 1. The summed E-state index contributed by atoms with van der Waals surface area (Å²) in [4.78, 5) is 17.4. The van der Waals surface area contributed by atoms with Gasteiger partial charge in [-0.1, -0.05) is 48.5 Å². The van der Waals surface area contributed by atoms with Crippen molar-refractivity contribution in [1.82, 2.24) is 10.3 Å². The number of para-hydroxylation sites is 1. The third-order valence-electron chi connectivity index (χ3n) is 5.16. The van der Waals surface area contributed by atoms with Crippen LogP contribution in [0.2, 0.25) is 0 Å². The maximum atomic E-state index is 13.3. The van der Waals surface area contributed by atoms with Gasteiger partial charge in [-0.05, 0) is 53.6 Å². The first-order valence-electron chi connectivity index (χ1n) is 10.8. The summed E-state index contributed by atoms with van der Waals surface area (Å²) in [6, 6.07) is 26.9. The van der Waals surface area contributed by atoms with Crippen LogP contribution in [0.25, 0.3) is 22.6 Å². The molecule has 0 saturated carbocycles. The van der Waals surface area contributed by atoms with E-state index in [0.717, 1.165) is 16.6 Å². The van der Waals surface area contributed by atoms with E-state index in [4.69, 9.17) is 10.00 Å². The molecule has 3 aromatic carbocycles. The fraction of sp³-hybridized carbons (Fsp3) is 0.107. The number of nitrogens with zero attached hydrogens (tertiary/aromatic N) is 2. The summed E-state index contributed by atoms with van der Waals surface area (Å²) in [5, 5.41) is 12.6. The van der Waals surface area contributed by atoms with Gasteiger partial charge >= 0.3 is 0 Å². The molecule has 168 valence electrons. The quantitative estimate of drug-likeness (QED) is 0.217. The van der Waals surface area contributed by atoms with Crippen molar-refractivity contribution < 1.29 is 13.9 Å². The number of nitrogens with one attached hydrogen (secondary N) is 1. The van der Waals surface area contributed by atoms with Crippen molar-refractivity contribution in [3.8, 4) is 11.8 Å². The number of hydrogen-bond donors (Lipinski definition) is 1. The molecule has 0 bridgehead atoms. The number of carbonyl (C=O) groups excluding carboxylic acids is 1. The Morgan fingerprint density at radius 1 is 1.00 bits per heavy atom. The molecule has 0 spiro atoms. The fourth-order valence-corrected chi connectivity index (χ4v) is 3.41. The minimum atomic E-state index is -0.348. The van der Waals surface area contributed by atoms with Crippen LogP contribution in [0.15, 0.2) is 84.9 Å². The molecule has 4 aromatic rings. The molecule has 1 heterocycles. The van der Waals surface area contributed by atoms with Crippen LogP contribution in [0.3, 0.4) is 0 Å². The lowest BCUT2D eigenvalue weighted by molar-refractivity contribution is -0.115. The number of nitriles is 1. The summed E-state index contributed by atoms with van der Waals surface area (Å²) in [5.41, 5.74) is 3.50. The van der Waals surface area contributed by atoms with E-state index in [0.29, 0.717) is 29.1 Å². The van der Waals surface area contributed by atoms with Crippen LogP contribution in [0.5, 0.6) is 5.75 Å². The van der Waals surface area contributed by atoms with E-state index >= 15 is 0 Å². The maximum Gasteiger partial charge on any atom is 0.251 e. The van der Waals surface area contributed by atoms with E-state index in [-0.39, 0.29) is 24.7 Å². The first-order valence-corrected chi connectivity index (χ1v) is 10.8. The number of fused-ring (bicyclic) bond motifs is 1. The smallest absolute Gasteiger partial charge is 0.251 e. The normalized spacial score (nSPS) is 11.1. The van der Waals surface area contributed by atoms with Gasteiger partial charge in [-0.25, -0.2) is 9.37 Å². The van der Waals surface area contributed by atoms with Crippen LogP contribution in [0.1, 0.15) is 23.2 Å². The molecule has 1 N–H and O–H groups in total. The Hall–Kier alpha value is -4.50. The Morgan fingerprint density at radius 3 is 2.53 bits per heavy atom. The SMILES string of the molecule is N#CCCNC(=O)/C(=C/c1ccc(F)cc1)c1ccc(OCc2ccc3ccccc3n2)cc1. The zero-order chi connectivity index (χ0) is 23.8. The molecule has 0 atom stereocenters. The molecule has 0 radical (unpaired) electrons. The lowest BCUT2D eigenvalue weighted by atomic mass is 10.0. The van der Waals surface area contributed by atoms with Crippen LogP contribution in [0.4, 0.5) is 4.39 Å². The number of carbonyl (C=O) groups is 1. The number of hydrogen-bond acceptors (Lipinski definition) is 4. The molecule has 0 saturated heterocycles. The highest BCUT2D eigenvalue weighted by Gasteiger charge is 2.12. The van der Waals surface area contributed by atoms with E-state index in [1.165, 1.54) is 12.1 Å². The van der Waals surface area contributed by atoms with Crippen molar-refractivity contribution in [2.45, 2.75) is 13.0 Å². The van der Waals surface area contributed by atoms with Crippen molar-refractivity contribution in [2.24, 2.45) is 0 Å². The van der Waals surface area contributed by atoms with Crippen LogP contribution in [-0.2, 0) is 11.4 Å². The second kappa shape index (κ2) is 10.9. The summed E-state index contributed by atoms with van der Waals surface area (Å²) in [5.74, 6) is -0.0158. The second-order valence-corrected chi connectivity index (χ2v) is 7.58. The van der Waals surface area contributed by atoms with Gasteiger partial charge in [-0.15, -0.1) is 0 Å². The van der Waals surface area contributed by atoms with Gasteiger partial charge in [0.05, 0.1) is 23.7 Å². The minimum Gasteiger partial charge on any atom is -0.487 e. The van der Waals surface area contributed by atoms with Crippen molar-refractivity contribution >= 4 is 28.5 Å². The molecule has 1 aromatic heterocycles. The number of amides is 1. The molecular weight excluding hydrogens is 429 g/mol. The molecule has 5 nitrogen and oxygen atoms in total. The van der Waals surface area contributed by atoms with Gasteiger partial charge in [0.25, 0.3) is 5.91 Å². The number of halogens is 1. The predicted octanol–water partition coefficient (Wildman–Crippen LogP) is 5.52. The molecule has 6 heteroatoms. The average Bonchev–Trinajstić information content (AvgIpc) is 2.87. The summed E-state index contributed by atoms with van der Waals surface area (Å²) in [7, 11) is 0. The Labute approximate surface area is 197 Å². The van der Waals surface area contributed by atoms with E-state index in [2.05, 4.69) is 10.3 Å². The highest BCUT2D eigenvalue weighted by Crippen LogP contribution is 2.23. The molecule has 4 rings (SSSR count). The third kappa shape index (κ3) is 5.84. The number of aromatic nitrogens is 1. The summed E-state index contributed by atoms with van der Waals surface area (Å²) in [6.45, 7) is 0.563. The van der Waals surface area contributed by atoms with Crippen molar-refractivity contribution in [2.75, 3.05) is 6.54 Å². The number of rotatable bonds is 8. The maximum absolute atomic E-state index is 13.3. The molecule has 1 amide bonds. The lowest BCUT2D eigenvalue weighted by Gasteiger charge is -2.11.